The van der Waals surface area contributed by atoms with Crippen molar-refractivity contribution in [2.45, 2.75) is 0 Å². The zero-order valence-electron chi connectivity index (χ0n) is 61.9. The molecule has 0 aliphatic rings. The summed E-state index contributed by atoms with van der Waals surface area (Å²) in [6.07, 6.45) is 0. The summed E-state index contributed by atoms with van der Waals surface area (Å²) in [6, 6.07) is 149. The Labute approximate surface area is 656 Å². The number of para-hydroxylation sites is 4. The van der Waals surface area contributed by atoms with Crippen LogP contribution in [0, 0.1) is 0 Å². The third kappa shape index (κ3) is 10.5. The quantitative estimate of drug-likeness (QED) is 0.137. The summed E-state index contributed by atoms with van der Waals surface area (Å²) in [7, 11) is 0. The zero-order chi connectivity index (χ0) is 74.9. The standard InChI is InChI=1S/2C54H34N2O/c1-3-12-35(13-4-1)37-22-26-41(27-23-37)55-48-20-9-7-18-43(48)46-33-39(24-29-49(46)55)40-25-30-50-47(34-40)53-51(31-28-45-44-19-8-10-21-52(44)57-54(45)53)56(50)42-17-11-16-38(32-42)36-14-5-2-6-15-36;1-3-12-35(13-4-1)37-22-26-41(27-23-37)55-47-20-9-7-18-43(47)45-33-39(24-28-48(45)55)40-25-29-49-46(34-40)53-50(30-31-52-54(53)44-19-8-10-21-51(44)57-52)56(49)42-17-11-16-38(32-42)36-14-5-2-6-15-36/h2*1-34H. The van der Waals surface area contributed by atoms with E-state index in [-0.39, 0.29) is 0 Å². The molecular weight excluding hydrogens is 1390 g/mol. The molecule has 0 aliphatic carbocycles. The van der Waals surface area contributed by atoms with Gasteiger partial charge in [0.25, 0.3) is 0 Å². The lowest BCUT2D eigenvalue weighted by molar-refractivity contribution is 0.669. The lowest BCUT2D eigenvalue weighted by Crippen LogP contribution is -1.94. The minimum atomic E-state index is 0.900. The van der Waals surface area contributed by atoms with E-state index < -0.39 is 0 Å². The van der Waals surface area contributed by atoms with Gasteiger partial charge in [0.05, 0.1) is 49.5 Å². The smallest absolute Gasteiger partial charge is 0.145 e. The van der Waals surface area contributed by atoms with E-state index >= 15 is 0 Å². The predicted molar refractivity (Wildman–Crippen MR) is 477 cm³/mol. The van der Waals surface area contributed by atoms with Crippen LogP contribution in [0.15, 0.2) is 421 Å². The second-order valence-corrected chi connectivity index (χ2v) is 29.8. The molecule has 6 heteroatoms. The van der Waals surface area contributed by atoms with Gasteiger partial charge in [-0.2, -0.15) is 0 Å². The largest absolute Gasteiger partial charge is 0.456 e. The van der Waals surface area contributed by atoms with Crippen LogP contribution in [0.2, 0.25) is 0 Å². The van der Waals surface area contributed by atoms with Crippen LogP contribution in [0.4, 0.5) is 0 Å². The lowest BCUT2D eigenvalue weighted by atomic mass is 9.99. The summed E-state index contributed by atoms with van der Waals surface area (Å²) in [4.78, 5) is 0. The van der Waals surface area contributed by atoms with Gasteiger partial charge in [-0.25, -0.2) is 0 Å². The number of rotatable bonds is 10. The molecule has 114 heavy (non-hydrogen) atoms. The van der Waals surface area contributed by atoms with E-state index in [1.54, 1.807) is 0 Å². The van der Waals surface area contributed by atoms with Gasteiger partial charge in [-0.05, 0) is 212 Å². The van der Waals surface area contributed by atoms with Gasteiger partial charge in [-0.15, -0.1) is 0 Å². The van der Waals surface area contributed by atoms with Crippen LogP contribution in [-0.2, 0) is 0 Å². The Balaban J connectivity index is 0.000000135. The summed E-state index contributed by atoms with van der Waals surface area (Å²) in [5.41, 5.74) is 31.9. The first-order valence-corrected chi connectivity index (χ1v) is 39.0. The molecule has 6 aromatic heterocycles. The number of fused-ring (bicyclic) bond motifs is 20. The second kappa shape index (κ2) is 26.2. The van der Waals surface area contributed by atoms with Crippen LogP contribution in [0.3, 0.4) is 0 Å². The number of aromatic nitrogens is 4. The molecule has 0 radical (unpaired) electrons. The summed E-state index contributed by atoms with van der Waals surface area (Å²) < 4.78 is 22.8. The van der Waals surface area contributed by atoms with Crippen molar-refractivity contribution in [2.75, 3.05) is 0 Å². The van der Waals surface area contributed by atoms with Gasteiger partial charge in [0.1, 0.15) is 22.3 Å². The molecule has 532 valence electrons. The van der Waals surface area contributed by atoms with Gasteiger partial charge in [-0.1, -0.05) is 267 Å². The molecule has 0 bridgehead atoms. The molecule has 6 nitrogen and oxygen atoms in total. The minimum Gasteiger partial charge on any atom is -0.456 e. The van der Waals surface area contributed by atoms with Crippen molar-refractivity contribution in [3.05, 3.63) is 413 Å². The van der Waals surface area contributed by atoms with Crippen molar-refractivity contribution >= 4 is 131 Å². The maximum absolute atomic E-state index is 6.73. The number of hydrogen-bond donors (Lipinski definition) is 0. The monoisotopic (exact) mass is 1450 g/mol. The highest BCUT2D eigenvalue weighted by molar-refractivity contribution is 6.28. The fraction of sp³-hybridized carbons (Fsp3) is 0. The number of furan rings is 2. The lowest BCUT2D eigenvalue weighted by Gasteiger charge is -2.11. The highest BCUT2D eigenvalue weighted by Gasteiger charge is 2.24. The number of hydrogen-bond acceptors (Lipinski definition) is 2. The molecule has 0 N–H and O–H groups in total. The third-order valence-corrected chi connectivity index (χ3v) is 23.4. The van der Waals surface area contributed by atoms with Gasteiger partial charge in [0, 0.05) is 82.0 Å². The molecule has 0 aliphatic heterocycles. The molecule has 0 amide bonds. The fourth-order valence-corrected chi connectivity index (χ4v) is 18.2. The Bertz CT molecular complexity index is 7930. The van der Waals surface area contributed by atoms with E-state index in [9.17, 15) is 0 Å². The van der Waals surface area contributed by atoms with Crippen LogP contribution in [-0.4, -0.2) is 18.3 Å². The SMILES string of the molecule is c1ccc(-c2ccc(-n3c4ccccc4c4cc(-c5ccc6c(c5)c5c7c(ccc5n6-c5cccc(-c6ccccc6)c5)oc5ccccc57)ccc43)cc2)cc1.c1ccc(-c2ccc(-n3c4ccccc4c4cc(-c5ccc6c(c5)c5c7oc8ccccc8c7ccc5n6-c5cccc(-c6ccccc6)c5)ccc43)cc2)cc1. The van der Waals surface area contributed by atoms with Gasteiger partial charge < -0.3 is 27.1 Å². The average Bonchev–Trinajstić information content (AvgIpc) is 1.47. The fourth-order valence-electron chi connectivity index (χ4n) is 18.2. The van der Waals surface area contributed by atoms with Crippen molar-refractivity contribution in [1.82, 2.24) is 18.3 Å². The first kappa shape index (κ1) is 64.7. The molecule has 0 spiro atoms. The second-order valence-electron chi connectivity index (χ2n) is 29.8. The summed E-state index contributed by atoms with van der Waals surface area (Å²) in [5.74, 6) is 0. The van der Waals surface area contributed by atoms with E-state index in [1.807, 2.05) is 12.1 Å². The Kier molecular flexibility index (Phi) is 14.9. The van der Waals surface area contributed by atoms with Crippen LogP contribution in [0.5, 0.6) is 0 Å². The van der Waals surface area contributed by atoms with E-state index in [4.69, 9.17) is 8.83 Å². The maximum Gasteiger partial charge on any atom is 0.145 e. The number of nitrogens with zero attached hydrogens (tertiary/aromatic N) is 4. The normalized spacial score (nSPS) is 11.9. The molecule has 24 aromatic rings. The molecule has 0 saturated heterocycles. The predicted octanol–water partition coefficient (Wildman–Crippen LogP) is 29.6. The zero-order valence-corrected chi connectivity index (χ0v) is 61.9. The Hall–Kier alpha value is -15.2. The van der Waals surface area contributed by atoms with Crippen LogP contribution in [0.25, 0.3) is 221 Å². The Morgan fingerprint density at radius 1 is 0.140 bits per heavy atom. The molecule has 0 saturated carbocycles. The van der Waals surface area contributed by atoms with Crippen molar-refractivity contribution in [1.29, 1.82) is 0 Å². The van der Waals surface area contributed by atoms with Crippen LogP contribution in [0.1, 0.15) is 0 Å². The van der Waals surface area contributed by atoms with Crippen LogP contribution < -0.4 is 0 Å². The van der Waals surface area contributed by atoms with Crippen LogP contribution >= 0.6 is 0 Å². The molecule has 0 unspecified atom stereocenters. The maximum atomic E-state index is 6.73. The molecule has 18 aromatic carbocycles. The first-order valence-electron chi connectivity index (χ1n) is 39.0. The highest BCUT2D eigenvalue weighted by atomic mass is 16.3. The molecular formula is C108H68N4O2. The molecule has 24 rings (SSSR count). The van der Waals surface area contributed by atoms with Crippen molar-refractivity contribution in [2.24, 2.45) is 0 Å². The topological polar surface area (TPSA) is 46.0 Å². The first-order chi connectivity index (χ1) is 56.5. The molecule has 0 atom stereocenters. The highest BCUT2D eigenvalue weighted by Crippen LogP contribution is 2.47. The Morgan fingerprint density at radius 2 is 0.456 bits per heavy atom. The molecule has 6 heterocycles. The van der Waals surface area contributed by atoms with E-state index in [2.05, 4.69) is 419 Å². The number of benzene rings is 18. The van der Waals surface area contributed by atoms with Gasteiger partial charge >= 0.3 is 0 Å². The Morgan fingerprint density at radius 3 is 0.939 bits per heavy atom. The van der Waals surface area contributed by atoms with E-state index in [1.165, 1.54) is 127 Å². The minimum absolute atomic E-state index is 0.900. The van der Waals surface area contributed by atoms with E-state index in [0.717, 1.165) is 94.1 Å². The van der Waals surface area contributed by atoms with Crippen molar-refractivity contribution in [3.63, 3.8) is 0 Å². The summed E-state index contributed by atoms with van der Waals surface area (Å²) in [5, 5.41) is 14.2. The average molecular weight is 1450 g/mol. The van der Waals surface area contributed by atoms with Gasteiger partial charge in [0.2, 0.25) is 0 Å². The van der Waals surface area contributed by atoms with Crippen molar-refractivity contribution < 1.29 is 8.83 Å². The van der Waals surface area contributed by atoms with Gasteiger partial charge in [0.15, 0.2) is 0 Å². The summed E-state index contributed by atoms with van der Waals surface area (Å²) in [6.45, 7) is 0. The van der Waals surface area contributed by atoms with Gasteiger partial charge in [-0.3, -0.25) is 0 Å². The molecule has 0 fully saturated rings. The van der Waals surface area contributed by atoms with Crippen molar-refractivity contribution in [3.8, 4) is 89.5 Å². The summed E-state index contributed by atoms with van der Waals surface area (Å²) >= 11 is 0. The third-order valence-electron chi connectivity index (χ3n) is 23.4. The van der Waals surface area contributed by atoms with E-state index in [0.29, 0.717) is 0 Å².